The smallest absolute Gasteiger partial charge is 0.228 e. The number of anilines is 1. The van der Waals surface area contributed by atoms with Gasteiger partial charge in [-0.15, -0.1) is 0 Å². The summed E-state index contributed by atoms with van der Waals surface area (Å²) in [7, 11) is 1.61. The molecule has 1 aliphatic carbocycles. The number of amides is 1. The molecule has 0 atom stereocenters. The van der Waals surface area contributed by atoms with Crippen LogP contribution in [0.25, 0.3) is 5.69 Å². The van der Waals surface area contributed by atoms with E-state index in [2.05, 4.69) is 10.3 Å². The van der Waals surface area contributed by atoms with Crippen LogP contribution in [0.15, 0.2) is 64.6 Å². The van der Waals surface area contributed by atoms with Crippen molar-refractivity contribution in [2.24, 2.45) is 0 Å². The Bertz CT molecular complexity index is 958. The number of ether oxygens (including phenoxy) is 1. The van der Waals surface area contributed by atoms with Crippen molar-refractivity contribution >= 4 is 34.8 Å². The van der Waals surface area contributed by atoms with Crippen LogP contribution >= 0.6 is 23.2 Å². The number of nitrogens with one attached hydrogen (secondary N) is 1. The van der Waals surface area contributed by atoms with Gasteiger partial charge in [0.05, 0.1) is 36.3 Å². The lowest BCUT2D eigenvalue weighted by molar-refractivity contribution is -0.115. The van der Waals surface area contributed by atoms with Crippen LogP contribution in [0, 0.1) is 6.92 Å². The van der Waals surface area contributed by atoms with E-state index in [1.807, 2.05) is 42.0 Å². The number of carbonyl (C=O) groups is 1. The van der Waals surface area contributed by atoms with Gasteiger partial charge in [0.15, 0.2) is 0 Å². The van der Waals surface area contributed by atoms with Crippen LogP contribution in [0.5, 0.6) is 5.75 Å². The summed E-state index contributed by atoms with van der Waals surface area (Å²) in [6.45, 7) is 1.91. The highest BCUT2D eigenvalue weighted by Crippen LogP contribution is 2.28. The molecular weight excluding hydrogens is 385 g/mol. The number of aromatic nitrogens is 2. The van der Waals surface area contributed by atoms with Crippen LogP contribution in [0.3, 0.4) is 0 Å². The van der Waals surface area contributed by atoms with Gasteiger partial charge in [0, 0.05) is 23.3 Å². The lowest BCUT2D eigenvalue weighted by Gasteiger charge is -2.12. The molecule has 1 heterocycles. The normalized spacial score (nSPS) is 14.0. The molecule has 0 saturated carbocycles. The zero-order valence-electron chi connectivity index (χ0n) is 15.0. The summed E-state index contributed by atoms with van der Waals surface area (Å²) < 4.78 is 7.27. The zero-order chi connectivity index (χ0) is 19.4. The molecule has 5 nitrogen and oxygen atoms in total. The molecule has 0 bridgehead atoms. The fraction of sp³-hybridized carbons (Fsp3) is 0.200. The SMILES string of the molecule is COc1ccc(NC(=O)CC2=CCC(Cl)=C(Cl)C=C2)cc1-n1cnc(C)c1. The Morgan fingerprint density at radius 1 is 1.33 bits per heavy atom. The third-order valence-electron chi connectivity index (χ3n) is 4.06. The highest BCUT2D eigenvalue weighted by atomic mass is 35.5. The quantitative estimate of drug-likeness (QED) is 0.755. The molecule has 2 aromatic rings. The fourth-order valence-corrected chi connectivity index (χ4v) is 2.98. The average molecular weight is 404 g/mol. The van der Waals surface area contributed by atoms with E-state index in [4.69, 9.17) is 27.9 Å². The van der Waals surface area contributed by atoms with E-state index in [-0.39, 0.29) is 12.3 Å². The van der Waals surface area contributed by atoms with Gasteiger partial charge in [0.25, 0.3) is 0 Å². The minimum atomic E-state index is -0.127. The highest BCUT2D eigenvalue weighted by molar-refractivity contribution is 6.40. The molecule has 1 N–H and O–H groups in total. The molecule has 0 unspecified atom stereocenters. The minimum Gasteiger partial charge on any atom is -0.495 e. The maximum absolute atomic E-state index is 12.4. The Balaban J connectivity index is 1.74. The molecule has 1 aliphatic rings. The number of methoxy groups -OCH3 is 1. The molecule has 1 amide bonds. The first-order valence-corrected chi connectivity index (χ1v) is 9.12. The van der Waals surface area contributed by atoms with Crippen molar-refractivity contribution in [2.75, 3.05) is 12.4 Å². The van der Waals surface area contributed by atoms with Crippen molar-refractivity contribution < 1.29 is 9.53 Å². The first kappa shape index (κ1) is 19.3. The molecule has 3 rings (SSSR count). The summed E-state index contributed by atoms with van der Waals surface area (Å²) in [5, 5.41) is 3.98. The predicted molar refractivity (Wildman–Crippen MR) is 109 cm³/mol. The summed E-state index contributed by atoms with van der Waals surface area (Å²) in [5.41, 5.74) is 3.23. The lowest BCUT2D eigenvalue weighted by Crippen LogP contribution is -2.12. The number of nitrogens with zero attached hydrogens (tertiary/aromatic N) is 2. The molecule has 1 aromatic carbocycles. The number of benzene rings is 1. The second-order valence-electron chi connectivity index (χ2n) is 6.10. The van der Waals surface area contributed by atoms with Crippen molar-refractivity contribution in [1.29, 1.82) is 0 Å². The predicted octanol–water partition coefficient (Wildman–Crippen LogP) is 5.09. The minimum absolute atomic E-state index is 0.127. The maximum atomic E-state index is 12.4. The van der Waals surface area contributed by atoms with Gasteiger partial charge in [-0.1, -0.05) is 35.4 Å². The van der Waals surface area contributed by atoms with Crippen LogP contribution < -0.4 is 10.1 Å². The third-order valence-corrected chi connectivity index (χ3v) is 4.87. The van der Waals surface area contributed by atoms with Gasteiger partial charge in [-0.25, -0.2) is 4.98 Å². The monoisotopic (exact) mass is 403 g/mol. The third kappa shape index (κ3) is 4.81. The molecule has 0 fully saturated rings. The van der Waals surface area contributed by atoms with Gasteiger partial charge in [-0.05, 0) is 36.8 Å². The number of carbonyl (C=O) groups excluding carboxylic acids is 1. The van der Waals surface area contributed by atoms with E-state index in [1.54, 1.807) is 25.6 Å². The Labute approximate surface area is 167 Å². The van der Waals surface area contributed by atoms with Gasteiger partial charge in [-0.2, -0.15) is 0 Å². The van der Waals surface area contributed by atoms with Crippen LogP contribution in [0.2, 0.25) is 0 Å². The maximum Gasteiger partial charge on any atom is 0.228 e. The second-order valence-corrected chi connectivity index (χ2v) is 6.97. The van der Waals surface area contributed by atoms with Crippen LogP contribution in [-0.2, 0) is 4.79 Å². The molecule has 0 spiro atoms. The summed E-state index contributed by atoms with van der Waals surface area (Å²) in [5.74, 6) is 0.563. The van der Waals surface area contributed by atoms with Gasteiger partial charge < -0.3 is 14.6 Å². The largest absolute Gasteiger partial charge is 0.495 e. The number of allylic oxidation sites excluding steroid dienone is 5. The molecule has 7 heteroatoms. The van der Waals surface area contributed by atoms with Crippen molar-refractivity contribution in [3.63, 3.8) is 0 Å². The molecule has 0 aliphatic heterocycles. The van der Waals surface area contributed by atoms with E-state index in [1.165, 1.54) is 0 Å². The number of rotatable bonds is 5. The van der Waals surface area contributed by atoms with Crippen LogP contribution in [0.4, 0.5) is 5.69 Å². The number of imidazole rings is 1. The number of aryl methyl sites for hydroxylation is 1. The number of hydrogen-bond donors (Lipinski definition) is 1. The number of hydrogen-bond acceptors (Lipinski definition) is 3. The standard InChI is InChI=1S/C20H19Cl2N3O2/c1-13-11-25(12-23-13)18-10-15(5-8-19(18)27-2)24-20(26)9-14-3-6-16(21)17(22)7-4-14/h3-6,8,10-12H,7,9H2,1-2H3,(H,24,26). The van der Waals surface area contributed by atoms with E-state index in [0.717, 1.165) is 17.0 Å². The average Bonchev–Trinajstić information content (AvgIpc) is 3.02. The molecule has 0 radical (unpaired) electrons. The Kier molecular flexibility index (Phi) is 6.04. The number of halogens is 2. The lowest BCUT2D eigenvalue weighted by atomic mass is 10.1. The van der Waals surface area contributed by atoms with Gasteiger partial charge >= 0.3 is 0 Å². The Morgan fingerprint density at radius 3 is 2.85 bits per heavy atom. The second kappa shape index (κ2) is 8.46. The van der Waals surface area contributed by atoms with Crippen molar-refractivity contribution in [2.45, 2.75) is 19.8 Å². The summed E-state index contributed by atoms with van der Waals surface area (Å²) in [4.78, 5) is 16.7. The molecular formula is C20H19Cl2N3O2. The fourth-order valence-electron chi connectivity index (χ4n) is 2.70. The topological polar surface area (TPSA) is 56.1 Å². The summed E-state index contributed by atoms with van der Waals surface area (Å²) in [6, 6.07) is 5.47. The first-order valence-electron chi connectivity index (χ1n) is 8.36. The van der Waals surface area contributed by atoms with E-state index in [0.29, 0.717) is 27.9 Å². The molecule has 0 saturated heterocycles. The zero-order valence-corrected chi connectivity index (χ0v) is 16.5. The van der Waals surface area contributed by atoms with Crippen molar-refractivity contribution in [3.8, 4) is 11.4 Å². The van der Waals surface area contributed by atoms with E-state index >= 15 is 0 Å². The molecule has 27 heavy (non-hydrogen) atoms. The Morgan fingerprint density at radius 2 is 2.15 bits per heavy atom. The van der Waals surface area contributed by atoms with Crippen LogP contribution in [-0.4, -0.2) is 22.6 Å². The molecule has 1 aromatic heterocycles. The molecule has 140 valence electrons. The highest BCUT2D eigenvalue weighted by Gasteiger charge is 2.11. The van der Waals surface area contributed by atoms with E-state index in [9.17, 15) is 4.79 Å². The van der Waals surface area contributed by atoms with Crippen molar-refractivity contribution in [3.05, 3.63) is 70.3 Å². The van der Waals surface area contributed by atoms with Gasteiger partial charge in [0.2, 0.25) is 5.91 Å². The van der Waals surface area contributed by atoms with E-state index < -0.39 is 0 Å². The van der Waals surface area contributed by atoms with Gasteiger partial charge in [-0.3, -0.25) is 4.79 Å². The van der Waals surface area contributed by atoms with Gasteiger partial charge in [0.1, 0.15) is 5.75 Å². The Hall–Kier alpha value is -2.50. The summed E-state index contributed by atoms with van der Waals surface area (Å²) in [6.07, 6.45) is 9.78. The summed E-state index contributed by atoms with van der Waals surface area (Å²) >= 11 is 12.1. The van der Waals surface area contributed by atoms with Crippen molar-refractivity contribution in [1.82, 2.24) is 9.55 Å². The first-order chi connectivity index (χ1) is 13.0. The van der Waals surface area contributed by atoms with Crippen LogP contribution in [0.1, 0.15) is 18.5 Å².